The van der Waals surface area contributed by atoms with Gasteiger partial charge < -0.3 is 14.4 Å². The van der Waals surface area contributed by atoms with Crippen molar-refractivity contribution in [2.45, 2.75) is 25.8 Å². The van der Waals surface area contributed by atoms with E-state index >= 15 is 0 Å². The Morgan fingerprint density at radius 2 is 1.84 bits per heavy atom. The fourth-order valence-corrected chi connectivity index (χ4v) is 4.47. The predicted molar refractivity (Wildman–Crippen MR) is 119 cm³/mol. The first kappa shape index (κ1) is 20.9. The van der Waals surface area contributed by atoms with Crippen molar-refractivity contribution in [1.29, 1.82) is 0 Å². The van der Waals surface area contributed by atoms with E-state index in [0.717, 1.165) is 17.7 Å². The van der Waals surface area contributed by atoms with Crippen LogP contribution < -0.4 is 9.47 Å². The van der Waals surface area contributed by atoms with E-state index in [2.05, 4.69) is 23.1 Å². The summed E-state index contributed by atoms with van der Waals surface area (Å²) >= 11 is 0. The molecule has 2 unspecified atom stereocenters. The van der Waals surface area contributed by atoms with Gasteiger partial charge in [-0.2, -0.15) is 0 Å². The Kier molecular flexibility index (Phi) is 6.21. The number of rotatable bonds is 8. The van der Waals surface area contributed by atoms with Gasteiger partial charge in [-0.3, -0.25) is 9.59 Å². The van der Waals surface area contributed by atoms with Crippen molar-refractivity contribution >= 4 is 12.1 Å². The Morgan fingerprint density at radius 1 is 1.10 bits per heavy atom. The molecule has 2 aromatic carbocycles. The number of hydrogen-bond acceptors (Lipinski definition) is 5. The molecule has 4 rings (SSSR count). The highest BCUT2D eigenvalue weighted by atomic mass is 16.5. The number of ether oxygens (including phenoxy) is 2. The monoisotopic (exact) mass is 416 g/mol. The maximum absolute atomic E-state index is 13.1. The molecule has 5 nitrogen and oxygen atoms in total. The Hall–Kier alpha value is -3.34. The first-order valence-corrected chi connectivity index (χ1v) is 10.5. The van der Waals surface area contributed by atoms with Crippen molar-refractivity contribution in [3.63, 3.8) is 0 Å². The van der Waals surface area contributed by atoms with Crippen LogP contribution in [0.4, 0.5) is 0 Å². The highest BCUT2D eigenvalue weighted by Crippen LogP contribution is 2.40. The molecule has 2 aromatic rings. The van der Waals surface area contributed by atoms with Crippen molar-refractivity contribution in [2.24, 2.45) is 11.8 Å². The van der Waals surface area contributed by atoms with Crippen molar-refractivity contribution in [1.82, 2.24) is 4.90 Å². The summed E-state index contributed by atoms with van der Waals surface area (Å²) in [5.41, 5.74) is 3.89. The number of methoxy groups -OCH3 is 2. The number of benzene rings is 2. The van der Waals surface area contributed by atoms with Crippen molar-refractivity contribution in [2.75, 3.05) is 14.2 Å². The first-order chi connectivity index (χ1) is 15.1. The molecule has 2 aliphatic rings. The van der Waals surface area contributed by atoms with Crippen LogP contribution in [0, 0.1) is 11.8 Å². The van der Waals surface area contributed by atoms with Gasteiger partial charge in [-0.25, -0.2) is 0 Å². The summed E-state index contributed by atoms with van der Waals surface area (Å²) in [6, 6.07) is 13.9. The normalized spacial score (nSPS) is 19.7. The molecule has 31 heavy (non-hydrogen) atoms. The molecule has 5 heteroatoms. The van der Waals surface area contributed by atoms with Gasteiger partial charge in [0.1, 0.15) is 0 Å². The molecule has 159 valence electrons. The molecule has 0 saturated heterocycles. The van der Waals surface area contributed by atoms with Gasteiger partial charge in [0.05, 0.1) is 14.2 Å². The minimum Gasteiger partial charge on any atom is -0.493 e. The van der Waals surface area contributed by atoms with Crippen LogP contribution in [0.1, 0.15) is 34.3 Å². The largest absolute Gasteiger partial charge is 0.493 e. The highest BCUT2D eigenvalue weighted by Gasteiger charge is 2.34. The summed E-state index contributed by atoms with van der Waals surface area (Å²) in [5, 5.41) is 0. The smallest absolute Gasteiger partial charge is 0.202 e. The molecule has 1 heterocycles. The van der Waals surface area contributed by atoms with E-state index in [4.69, 9.17) is 9.47 Å². The van der Waals surface area contributed by atoms with E-state index < -0.39 is 0 Å². The van der Waals surface area contributed by atoms with Crippen LogP contribution in [-0.2, 0) is 17.8 Å². The molecular weight excluding hydrogens is 390 g/mol. The van der Waals surface area contributed by atoms with Crippen molar-refractivity contribution < 1.29 is 19.1 Å². The minimum atomic E-state index is -0.128. The summed E-state index contributed by atoms with van der Waals surface area (Å²) in [6.45, 7) is 0.736. The van der Waals surface area contributed by atoms with E-state index in [0.29, 0.717) is 29.9 Å². The van der Waals surface area contributed by atoms with E-state index in [1.807, 2.05) is 43.0 Å². The Morgan fingerprint density at radius 3 is 2.55 bits per heavy atom. The molecule has 0 N–H and O–H groups in total. The average molecular weight is 416 g/mol. The summed E-state index contributed by atoms with van der Waals surface area (Å²) in [7, 11) is 3.17. The van der Waals surface area contributed by atoms with E-state index in [-0.39, 0.29) is 24.0 Å². The second kappa shape index (κ2) is 9.21. The molecule has 1 aliphatic carbocycles. The zero-order chi connectivity index (χ0) is 21.8. The number of carbonyl (C=O) groups excluding carboxylic acids is 2. The van der Waals surface area contributed by atoms with Gasteiger partial charge >= 0.3 is 0 Å². The SMILES string of the molecule is COc1cc2c(cc1OC)C(=O)C(CC1C=CN(Cc3ccccc3)C=C1C[C]=O)C2. The second-order valence-electron chi connectivity index (χ2n) is 8.00. The summed E-state index contributed by atoms with van der Waals surface area (Å²) < 4.78 is 10.7. The number of carbonyl (C=O) groups is 1. The zero-order valence-corrected chi connectivity index (χ0v) is 17.8. The van der Waals surface area contributed by atoms with Crippen LogP contribution >= 0.6 is 0 Å². The molecule has 2 atom stereocenters. The minimum absolute atomic E-state index is 0.0422. The third-order valence-corrected chi connectivity index (χ3v) is 6.05. The quantitative estimate of drug-likeness (QED) is 0.635. The van der Waals surface area contributed by atoms with E-state index in [9.17, 15) is 9.59 Å². The number of Topliss-reactive ketones (excluding diaryl/α,β-unsaturated/α-hetero) is 1. The second-order valence-corrected chi connectivity index (χ2v) is 8.00. The number of hydrogen-bond donors (Lipinski definition) is 0. The van der Waals surface area contributed by atoms with Crippen LogP contribution in [0.15, 0.2) is 66.5 Å². The maximum Gasteiger partial charge on any atom is 0.202 e. The Balaban J connectivity index is 1.49. The van der Waals surface area contributed by atoms with Gasteiger partial charge in [-0.15, -0.1) is 0 Å². The van der Waals surface area contributed by atoms with Crippen molar-refractivity contribution in [3.8, 4) is 11.5 Å². The molecule has 0 bridgehead atoms. The van der Waals surface area contributed by atoms with Crippen LogP contribution in [0.2, 0.25) is 0 Å². The molecule has 0 spiro atoms. The predicted octanol–water partition coefficient (Wildman–Crippen LogP) is 4.48. The third kappa shape index (κ3) is 4.41. The van der Waals surface area contributed by atoms with E-state index in [1.54, 1.807) is 20.3 Å². The van der Waals surface area contributed by atoms with E-state index in [1.165, 1.54) is 5.56 Å². The lowest BCUT2D eigenvalue weighted by atomic mass is 9.84. The fourth-order valence-electron chi connectivity index (χ4n) is 4.47. The lowest BCUT2D eigenvalue weighted by molar-refractivity contribution is 0.0925. The fraction of sp³-hybridized carbons (Fsp3) is 0.308. The van der Waals surface area contributed by atoms with Gasteiger partial charge in [0.2, 0.25) is 6.29 Å². The summed E-state index contributed by atoms with van der Waals surface area (Å²) in [5.74, 6) is 1.25. The highest BCUT2D eigenvalue weighted by molar-refractivity contribution is 6.03. The molecule has 1 aliphatic heterocycles. The Labute approximate surface area is 183 Å². The zero-order valence-electron chi connectivity index (χ0n) is 17.8. The van der Waals surface area contributed by atoms with Crippen LogP contribution in [0.3, 0.4) is 0 Å². The average Bonchev–Trinajstić information content (AvgIpc) is 3.09. The Bertz CT molecular complexity index is 1030. The first-order valence-electron chi connectivity index (χ1n) is 10.5. The number of allylic oxidation sites excluding steroid dienone is 2. The number of ketones is 1. The standard InChI is InChI=1S/C26H26NO4/c1-30-24-14-21-13-22(26(29)23(21)15-25(24)31-2)12-19-8-10-27(17-20(19)9-11-28)16-18-6-4-3-5-7-18/h3-8,10,14-15,17,19,22H,9,12-13,16H2,1-2H3. The number of fused-ring (bicyclic) bond motifs is 1. The van der Waals surface area contributed by atoms with Gasteiger partial charge in [0, 0.05) is 42.8 Å². The molecule has 1 radical (unpaired) electrons. The molecule has 0 amide bonds. The lowest BCUT2D eigenvalue weighted by Gasteiger charge is -2.27. The topological polar surface area (TPSA) is 55.8 Å². The van der Waals surface area contributed by atoms with Crippen molar-refractivity contribution in [3.05, 3.63) is 83.2 Å². The van der Waals surface area contributed by atoms with Crippen LogP contribution in [0.25, 0.3) is 0 Å². The third-order valence-electron chi connectivity index (χ3n) is 6.05. The molecule has 0 fully saturated rings. The number of nitrogens with zero attached hydrogens (tertiary/aromatic N) is 1. The summed E-state index contributed by atoms with van der Waals surface area (Å²) in [6.07, 6.45) is 9.80. The van der Waals surface area contributed by atoms with Crippen LogP contribution in [0.5, 0.6) is 11.5 Å². The molecule has 0 aromatic heterocycles. The van der Waals surface area contributed by atoms with Gasteiger partial charge in [0.15, 0.2) is 17.3 Å². The maximum atomic E-state index is 13.1. The summed E-state index contributed by atoms with van der Waals surface area (Å²) in [4.78, 5) is 26.4. The van der Waals surface area contributed by atoms with Crippen LogP contribution in [-0.4, -0.2) is 31.2 Å². The lowest BCUT2D eigenvalue weighted by Crippen LogP contribution is -2.21. The van der Waals surface area contributed by atoms with Gasteiger partial charge in [-0.1, -0.05) is 36.4 Å². The van der Waals surface area contributed by atoms with Gasteiger partial charge in [0.25, 0.3) is 0 Å². The van der Waals surface area contributed by atoms with Gasteiger partial charge in [-0.05, 0) is 41.7 Å². The molecular formula is C26H26NO4. The molecule has 0 saturated carbocycles.